The number of aliphatic carboxylic acids is 1. The van der Waals surface area contributed by atoms with Crippen molar-refractivity contribution < 1.29 is 27.7 Å². The van der Waals surface area contributed by atoms with Crippen LogP contribution in [0.1, 0.15) is 6.42 Å². The number of amides is 1. The Labute approximate surface area is 92.8 Å². The first-order valence-electron chi connectivity index (χ1n) is 4.31. The summed E-state index contributed by atoms with van der Waals surface area (Å²) in [6.07, 6.45) is -0.533. The van der Waals surface area contributed by atoms with Crippen LogP contribution in [-0.2, 0) is 19.7 Å². The van der Waals surface area contributed by atoms with Crippen molar-refractivity contribution in [2.75, 3.05) is 19.3 Å². The lowest BCUT2D eigenvalue weighted by molar-refractivity contribution is -0.141. The molecule has 0 bridgehead atoms. The van der Waals surface area contributed by atoms with Crippen molar-refractivity contribution in [3.63, 3.8) is 0 Å². The Kier molecular flexibility index (Phi) is 5.35. The lowest BCUT2D eigenvalue weighted by Crippen LogP contribution is -2.44. The van der Waals surface area contributed by atoms with Crippen LogP contribution in [0, 0.1) is 0 Å². The number of rotatable bonds is 6. The molecule has 0 rings (SSSR count). The molecule has 0 aliphatic carbocycles. The van der Waals surface area contributed by atoms with E-state index in [9.17, 15) is 18.0 Å². The predicted molar refractivity (Wildman–Crippen MR) is 54.3 cm³/mol. The summed E-state index contributed by atoms with van der Waals surface area (Å²) in [7, 11) is -2.88. The molecule has 9 heteroatoms. The topological polar surface area (TPSA) is 138 Å². The first-order valence-corrected chi connectivity index (χ1v) is 5.92. The first kappa shape index (κ1) is 14.8. The van der Waals surface area contributed by atoms with E-state index in [-0.39, 0.29) is 6.54 Å². The molecule has 0 aliphatic heterocycles. The zero-order valence-corrected chi connectivity index (χ0v) is 9.48. The number of carbonyl (C=O) groups is 2. The molecule has 0 aromatic carbocycles. The minimum atomic E-state index is -4.15. The fraction of sp³-hybridized carbons (Fsp3) is 0.714. The normalized spacial score (nSPS) is 13.2. The van der Waals surface area contributed by atoms with Crippen molar-refractivity contribution in [3.05, 3.63) is 0 Å². The van der Waals surface area contributed by atoms with E-state index in [0.717, 1.165) is 4.90 Å². The van der Waals surface area contributed by atoms with E-state index in [1.54, 1.807) is 0 Å². The molecule has 94 valence electrons. The number of hydrogen-bond donors (Lipinski definition) is 3. The minimum Gasteiger partial charge on any atom is -0.481 e. The van der Waals surface area contributed by atoms with E-state index < -0.39 is 40.2 Å². The molecule has 0 aromatic rings. The highest BCUT2D eigenvalue weighted by Gasteiger charge is 2.21. The molecule has 0 fully saturated rings. The van der Waals surface area contributed by atoms with E-state index in [1.807, 2.05) is 0 Å². The first-order chi connectivity index (χ1) is 7.13. The Morgan fingerprint density at radius 2 is 1.94 bits per heavy atom. The summed E-state index contributed by atoms with van der Waals surface area (Å²) in [5.41, 5.74) is 5.27. The predicted octanol–water partition coefficient (Wildman–Crippen LogP) is -1.87. The molecule has 16 heavy (non-hydrogen) atoms. The van der Waals surface area contributed by atoms with Gasteiger partial charge in [-0.2, -0.15) is 8.42 Å². The molecule has 1 atom stereocenters. The monoisotopic (exact) mass is 254 g/mol. The largest absolute Gasteiger partial charge is 0.481 e. The number of carboxylic acids is 1. The Balaban J connectivity index is 4.23. The maximum atomic E-state index is 11.4. The van der Waals surface area contributed by atoms with Gasteiger partial charge in [-0.25, -0.2) is 0 Å². The van der Waals surface area contributed by atoms with Gasteiger partial charge in [-0.15, -0.1) is 0 Å². The van der Waals surface area contributed by atoms with Gasteiger partial charge in [-0.3, -0.25) is 14.1 Å². The third kappa shape index (κ3) is 6.32. The zero-order chi connectivity index (χ0) is 12.9. The van der Waals surface area contributed by atoms with Crippen molar-refractivity contribution in [3.8, 4) is 0 Å². The molecular weight excluding hydrogens is 240 g/mol. The molecule has 4 N–H and O–H groups in total. The third-order valence-electron chi connectivity index (χ3n) is 1.77. The molecule has 0 aliphatic rings. The lowest BCUT2D eigenvalue weighted by Gasteiger charge is -2.19. The molecule has 8 nitrogen and oxygen atoms in total. The minimum absolute atomic E-state index is 0.245. The van der Waals surface area contributed by atoms with E-state index in [2.05, 4.69) is 0 Å². The maximum Gasteiger partial charge on any atom is 0.305 e. The van der Waals surface area contributed by atoms with Crippen LogP contribution in [0.2, 0.25) is 0 Å². The number of nitrogens with zero attached hydrogens (tertiary/aromatic N) is 1. The van der Waals surface area contributed by atoms with Crippen LogP contribution in [0.15, 0.2) is 0 Å². The fourth-order valence-electron chi connectivity index (χ4n) is 0.921. The second-order valence-corrected chi connectivity index (χ2v) is 4.82. The van der Waals surface area contributed by atoms with Crippen LogP contribution in [0.5, 0.6) is 0 Å². The standard InChI is InChI=1S/C7H14N2O6S/c1-9(2-3-16(13,14)15)7(12)5(8)4-6(10)11/h5H,2-4,8H2,1H3,(H,10,11)(H,13,14,15)/t5-/m0/s1. The van der Waals surface area contributed by atoms with Crippen LogP contribution in [0.4, 0.5) is 0 Å². The molecular formula is C7H14N2O6S. The van der Waals surface area contributed by atoms with Crippen molar-refractivity contribution >= 4 is 22.0 Å². The quantitative estimate of drug-likeness (QED) is 0.472. The molecule has 1 amide bonds. The number of likely N-dealkylation sites (N-methyl/N-ethyl adjacent to an activating group) is 1. The van der Waals surface area contributed by atoms with Crippen molar-refractivity contribution in [1.29, 1.82) is 0 Å². The van der Waals surface area contributed by atoms with Gasteiger partial charge in [0.05, 0.1) is 18.2 Å². The van der Waals surface area contributed by atoms with Crippen molar-refractivity contribution in [2.24, 2.45) is 5.73 Å². The van der Waals surface area contributed by atoms with E-state index >= 15 is 0 Å². The van der Waals surface area contributed by atoms with Gasteiger partial charge >= 0.3 is 5.97 Å². The summed E-state index contributed by atoms with van der Waals surface area (Å²) in [6.45, 7) is -0.245. The van der Waals surface area contributed by atoms with E-state index in [0.29, 0.717) is 0 Å². The van der Waals surface area contributed by atoms with Crippen molar-refractivity contribution in [1.82, 2.24) is 4.90 Å². The average Bonchev–Trinajstić information content (AvgIpc) is 2.10. The second kappa shape index (κ2) is 5.77. The van der Waals surface area contributed by atoms with Crippen LogP contribution in [0.3, 0.4) is 0 Å². The van der Waals surface area contributed by atoms with Crippen LogP contribution >= 0.6 is 0 Å². The summed E-state index contributed by atoms with van der Waals surface area (Å²) in [5.74, 6) is -2.52. The summed E-state index contributed by atoms with van der Waals surface area (Å²) >= 11 is 0. The molecule has 0 aromatic heterocycles. The van der Waals surface area contributed by atoms with Crippen LogP contribution in [0.25, 0.3) is 0 Å². The van der Waals surface area contributed by atoms with Gasteiger partial charge in [-0.05, 0) is 0 Å². The zero-order valence-electron chi connectivity index (χ0n) is 8.66. The molecule has 0 radical (unpaired) electrons. The Morgan fingerprint density at radius 1 is 1.44 bits per heavy atom. The summed E-state index contributed by atoms with van der Waals surface area (Å²) in [6, 6.07) is -1.22. The molecule has 0 spiro atoms. The number of nitrogens with two attached hydrogens (primary N) is 1. The molecule has 0 saturated carbocycles. The maximum absolute atomic E-state index is 11.4. The van der Waals surface area contributed by atoms with Gasteiger partial charge in [0.15, 0.2) is 0 Å². The van der Waals surface area contributed by atoms with Gasteiger partial charge in [0.2, 0.25) is 5.91 Å². The summed E-state index contributed by atoms with van der Waals surface area (Å²) in [5, 5.41) is 8.39. The van der Waals surface area contributed by atoms with Gasteiger partial charge in [0.1, 0.15) is 0 Å². The fourth-order valence-corrected chi connectivity index (χ4v) is 1.43. The van der Waals surface area contributed by atoms with Crippen LogP contribution < -0.4 is 5.73 Å². The van der Waals surface area contributed by atoms with Gasteiger partial charge in [-0.1, -0.05) is 0 Å². The average molecular weight is 254 g/mol. The molecule has 0 saturated heterocycles. The number of hydrogen-bond acceptors (Lipinski definition) is 5. The van der Waals surface area contributed by atoms with Gasteiger partial charge < -0.3 is 15.7 Å². The highest BCUT2D eigenvalue weighted by Crippen LogP contribution is 1.96. The lowest BCUT2D eigenvalue weighted by atomic mass is 10.2. The Hall–Kier alpha value is -1.19. The highest BCUT2D eigenvalue weighted by atomic mass is 32.2. The second-order valence-electron chi connectivity index (χ2n) is 3.25. The molecule has 0 unspecified atom stereocenters. The molecule has 0 heterocycles. The number of carboxylic acid groups (broad SMARTS) is 1. The van der Waals surface area contributed by atoms with Gasteiger partial charge in [0.25, 0.3) is 10.1 Å². The summed E-state index contributed by atoms with van der Waals surface area (Å²) < 4.78 is 29.2. The Morgan fingerprint density at radius 3 is 2.31 bits per heavy atom. The third-order valence-corrected chi connectivity index (χ3v) is 2.47. The van der Waals surface area contributed by atoms with Crippen LogP contribution in [-0.4, -0.2) is 60.2 Å². The van der Waals surface area contributed by atoms with Gasteiger partial charge in [0, 0.05) is 13.6 Å². The number of carbonyl (C=O) groups excluding carboxylic acids is 1. The van der Waals surface area contributed by atoms with E-state index in [1.165, 1.54) is 7.05 Å². The Bertz CT molecular complexity index is 365. The van der Waals surface area contributed by atoms with E-state index in [4.69, 9.17) is 15.4 Å². The van der Waals surface area contributed by atoms with Crippen molar-refractivity contribution in [2.45, 2.75) is 12.5 Å². The highest BCUT2D eigenvalue weighted by molar-refractivity contribution is 7.85. The smallest absolute Gasteiger partial charge is 0.305 e. The summed E-state index contributed by atoms with van der Waals surface area (Å²) in [4.78, 5) is 22.6. The SMILES string of the molecule is CN(CCS(=O)(=O)O)C(=O)[C@@H](N)CC(=O)O.